The Morgan fingerprint density at radius 3 is 1.11 bits per heavy atom. The van der Waals surface area contributed by atoms with Crippen LogP contribution in [0.1, 0.15) is 484 Å². The predicted molar refractivity (Wildman–Crippen MR) is 563 cm³/mol. The van der Waals surface area contributed by atoms with Crippen LogP contribution in [0.15, 0.2) is 0 Å². The molecule has 19 aliphatic carbocycles. The zero-order chi connectivity index (χ0) is 109. The summed E-state index contributed by atoms with van der Waals surface area (Å²) < 4.78 is 62.4. The third-order valence-electron chi connectivity index (χ3n) is 41.6. The van der Waals surface area contributed by atoms with Crippen molar-refractivity contribution in [3.63, 3.8) is 0 Å². The SMILES string of the molecule is CCC(C)(C)C(=O)OC(C)(C)C12CC3CC(CC(C3)C1)C2.CCC(C)(C)C(=O)OC(C)(C)C1CCC(C)CC1.CCC(C)(C)C(=O)OC(C)(C)C1CCCC1.CCC(C)(C)C(=O)OC1(C)C2CC3CC(C2)CC1C3.CCC(C)(C)C(=O)OC12CC3CC(O)(CC(O)(C3)C1)C2.CCC(C)(C)C(=O)OC12CC3CC(O)(CC(O)(C3)C1)C2.CCC(C)C(=O)OC1C(=O)OC2CCCC21.CCC(C)C(=O)OC1C2CC3C(=O)OC1C3O2. The lowest BCUT2D eigenvalue weighted by Gasteiger charge is -2.62. The van der Waals surface area contributed by atoms with E-state index in [9.17, 15) is 68.4 Å². The highest BCUT2D eigenvalue weighted by Crippen LogP contribution is 2.67. The van der Waals surface area contributed by atoms with Gasteiger partial charge in [0.05, 0.1) is 78.8 Å². The second-order valence-corrected chi connectivity index (χ2v) is 57.2. The molecule has 4 heterocycles. The molecule has 147 heavy (non-hydrogen) atoms. The van der Waals surface area contributed by atoms with Crippen LogP contribution in [0.3, 0.4) is 0 Å². The van der Waals surface area contributed by atoms with Gasteiger partial charge in [0.25, 0.3) is 0 Å². The van der Waals surface area contributed by atoms with Crippen LogP contribution in [0.25, 0.3) is 0 Å². The Morgan fingerprint density at radius 1 is 0.367 bits per heavy atom. The third-order valence-corrected chi connectivity index (χ3v) is 41.6. The highest BCUT2D eigenvalue weighted by molar-refractivity contribution is 5.83. The number of hydrogen-bond acceptors (Lipinski definition) is 25. The van der Waals surface area contributed by atoms with Crippen molar-refractivity contribution in [3.05, 3.63) is 0 Å². The second-order valence-electron chi connectivity index (χ2n) is 57.2. The number of fused-ring (bicyclic) bond motifs is 2. The van der Waals surface area contributed by atoms with E-state index in [0.717, 1.165) is 145 Å². The third kappa shape index (κ3) is 27.1. The molecule has 25 nitrogen and oxygen atoms in total. The Balaban J connectivity index is 0.000000150. The Labute approximate surface area is 884 Å². The van der Waals surface area contributed by atoms with Gasteiger partial charge in [-0.05, 0) is 414 Å². The van der Waals surface area contributed by atoms with Crippen LogP contribution in [0, 0.1) is 133 Å². The zero-order valence-corrected chi connectivity index (χ0v) is 97.0. The largest absolute Gasteiger partial charge is 0.459 e. The first-order valence-corrected chi connectivity index (χ1v) is 58.7. The number of ether oxygens (including phenoxy) is 11. The van der Waals surface area contributed by atoms with Crippen molar-refractivity contribution in [1.82, 2.24) is 0 Å². The van der Waals surface area contributed by atoms with Gasteiger partial charge in [-0.25, -0.2) is 4.79 Å². The van der Waals surface area contributed by atoms with Crippen molar-refractivity contribution in [2.75, 3.05) is 0 Å². The van der Waals surface area contributed by atoms with E-state index in [2.05, 4.69) is 69.2 Å². The van der Waals surface area contributed by atoms with E-state index in [-0.39, 0.29) is 169 Å². The molecule has 4 N–H and O–H groups in total. The lowest BCUT2D eigenvalue weighted by Crippen LogP contribution is -2.67. The molecule has 0 aromatic rings. The molecule has 18 bridgehead atoms. The summed E-state index contributed by atoms with van der Waals surface area (Å²) in [4.78, 5) is 120. The fraction of sp³-hybridized carbons (Fsp3) is 0.918. The van der Waals surface area contributed by atoms with E-state index >= 15 is 0 Å². The van der Waals surface area contributed by atoms with Gasteiger partial charge in [0.15, 0.2) is 12.2 Å². The number of carbonyl (C=O) groups is 10. The summed E-state index contributed by atoms with van der Waals surface area (Å²) in [5, 5.41) is 42.6. The van der Waals surface area contributed by atoms with Gasteiger partial charge in [0.2, 0.25) is 6.10 Å². The molecule has 0 aromatic heterocycles. The van der Waals surface area contributed by atoms with Gasteiger partial charge >= 0.3 is 59.7 Å². The minimum atomic E-state index is -0.842. The van der Waals surface area contributed by atoms with Gasteiger partial charge < -0.3 is 72.5 Å². The van der Waals surface area contributed by atoms with E-state index in [4.69, 9.17) is 52.1 Å². The van der Waals surface area contributed by atoms with Crippen LogP contribution in [0.2, 0.25) is 0 Å². The van der Waals surface area contributed by atoms with E-state index < -0.39 is 56.6 Å². The minimum Gasteiger partial charge on any atom is -0.459 e. The smallest absolute Gasteiger partial charge is 0.348 e. The first kappa shape index (κ1) is 120. The highest BCUT2D eigenvalue weighted by atomic mass is 16.7. The van der Waals surface area contributed by atoms with Crippen LogP contribution < -0.4 is 0 Å². The summed E-state index contributed by atoms with van der Waals surface area (Å²) in [6, 6.07) is 0. The topological polar surface area (TPSA) is 353 Å². The molecule has 14 atom stereocenters. The molecule has 19 saturated carbocycles. The average molecular weight is 2070 g/mol. The molecule has 23 fully saturated rings. The van der Waals surface area contributed by atoms with Crippen molar-refractivity contribution in [2.45, 2.75) is 576 Å². The molecule has 14 unspecified atom stereocenters. The van der Waals surface area contributed by atoms with E-state index in [0.29, 0.717) is 68.6 Å². The van der Waals surface area contributed by atoms with Gasteiger partial charge in [0, 0.05) is 49.9 Å². The van der Waals surface area contributed by atoms with E-state index in [1.54, 1.807) is 0 Å². The fourth-order valence-corrected chi connectivity index (χ4v) is 29.9. The van der Waals surface area contributed by atoms with Gasteiger partial charge in [-0.1, -0.05) is 102 Å². The summed E-state index contributed by atoms with van der Waals surface area (Å²) in [5.41, 5.74) is -7.92. The molecule has 0 radical (unpaired) electrons. The number of esters is 10. The van der Waals surface area contributed by atoms with E-state index in [1.807, 2.05) is 138 Å². The number of hydrogen-bond donors (Lipinski definition) is 4. The van der Waals surface area contributed by atoms with Crippen molar-refractivity contribution in [3.8, 4) is 0 Å². The molecule has 4 aliphatic heterocycles. The quantitative estimate of drug-likeness (QED) is 0.0438. The van der Waals surface area contributed by atoms with Crippen molar-refractivity contribution in [2.24, 2.45) is 133 Å². The fourth-order valence-electron chi connectivity index (χ4n) is 29.9. The van der Waals surface area contributed by atoms with Gasteiger partial charge in [0.1, 0.15) is 45.8 Å². The highest BCUT2D eigenvalue weighted by Gasteiger charge is 2.70. The van der Waals surface area contributed by atoms with Gasteiger partial charge in [-0.3, -0.25) is 43.2 Å². The average Bonchev–Trinajstić information content (AvgIpc) is 1.58. The molecule has 0 amide bonds. The number of aliphatic hydroxyl groups is 4. The van der Waals surface area contributed by atoms with Crippen LogP contribution in [0.5, 0.6) is 0 Å². The first-order valence-electron chi connectivity index (χ1n) is 58.7. The summed E-state index contributed by atoms with van der Waals surface area (Å²) in [5.74, 6) is 6.38. The lowest BCUT2D eigenvalue weighted by atomic mass is 9.46. The molecule has 25 heteroatoms. The standard InChI is InChI=1S/C19H32O2.C17H28O2.2C16H26O4.C16H30O2.C14H26O2.C12H16O5.C12H18O4/c1-6-17(2,3)16(20)21-18(4,5)19-10-13-7-14(11-19)9-15(8-13)12-19;1-5-16(2,3)15(18)19-17(4)13-7-11-6-12(9-13)10-14(17)8-11;2*1-4-13(2,3)12(17)20-16-7-11-5-14(18,9-16)8-15(19,6-11)10-16;1-7-15(3,4)14(17)18-16(5,6)13-10-8-12(2)9-11-13;1-6-13(2,3)12(15)16-14(4,5)11-9-7-8-10-11;1-3-5(2)11(13)16-9-7-4-6-8(15-7)10(9)17-12(6)14;1-3-7(2)11(13)16-10-8-5-4-6-9(8)15-12(10)14/h13-15H,6-12H2,1-5H3;11-14H,5-10H2,1-4H3;2*11,18-19H,4-10H2,1-3H3;12-13H,7-11H2,1-6H3;11H,6-10H2,1-5H3;5-10H,3-4H2,1-2H3;7-10H,3-6H2,1-2H3. The molecule has 840 valence electrons. The molecule has 23 aliphatic rings. The summed E-state index contributed by atoms with van der Waals surface area (Å²) in [6.07, 6.45) is 40.0. The summed E-state index contributed by atoms with van der Waals surface area (Å²) in [7, 11) is 0. The first-order chi connectivity index (χ1) is 67.9. The van der Waals surface area contributed by atoms with Crippen molar-refractivity contribution in [1.29, 1.82) is 0 Å². The summed E-state index contributed by atoms with van der Waals surface area (Å²) in [6.45, 7) is 60.3. The normalized spacial score (nSPS) is 37.9. The van der Waals surface area contributed by atoms with Crippen molar-refractivity contribution < 1.29 is 120 Å². The van der Waals surface area contributed by atoms with Gasteiger partial charge in [-0.15, -0.1) is 0 Å². The monoisotopic (exact) mass is 2070 g/mol. The Hall–Kier alpha value is -5.50. The summed E-state index contributed by atoms with van der Waals surface area (Å²) >= 11 is 0. The number of rotatable bonds is 27. The van der Waals surface area contributed by atoms with Crippen LogP contribution >= 0.6 is 0 Å². The minimum absolute atomic E-state index is 0.00857. The Morgan fingerprint density at radius 2 is 0.728 bits per heavy atom. The lowest BCUT2D eigenvalue weighted by molar-refractivity contribution is -0.265. The van der Waals surface area contributed by atoms with Crippen LogP contribution in [-0.4, -0.2) is 173 Å². The second kappa shape index (κ2) is 45.0. The Kier molecular flexibility index (Phi) is 36.8. The maximum atomic E-state index is 12.6. The molecule has 0 aromatic carbocycles. The maximum absolute atomic E-state index is 12.6. The Bertz CT molecular complexity index is 4400. The molecule has 0 spiro atoms. The van der Waals surface area contributed by atoms with Crippen molar-refractivity contribution >= 4 is 59.7 Å². The van der Waals surface area contributed by atoms with Crippen LogP contribution in [0.4, 0.5) is 0 Å². The maximum Gasteiger partial charge on any atom is 0.348 e. The molecule has 23 rings (SSSR count). The van der Waals surface area contributed by atoms with Gasteiger partial charge in [-0.2, -0.15) is 0 Å². The number of carbonyl (C=O) groups excluding carboxylic acids is 10. The molecular weight excluding hydrogens is 1870 g/mol. The molecule has 4 saturated heterocycles. The van der Waals surface area contributed by atoms with E-state index in [1.165, 1.54) is 122 Å². The zero-order valence-electron chi connectivity index (χ0n) is 97.0. The predicted octanol–water partition coefficient (Wildman–Crippen LogP) is 24.3. The molecular formula is C122H202O25. The van der Waals surface area contributed by atoms with Crippen LogP contribution in [-0.2, 0) is 100 Å².